The fraction of sp³-hybridized carbons (Fsp3) is 0.429. The number of rotatable bonds is 5. The van der Waals surface area contributed by atoms with Gasteiger partial charge in [0.25, 0.3) is 0 Å². The Labute approximate surface area is 112 Å². The van der Waals surface area contributed by atoms with E-state index in [1.165, 1.54) is 12.4 Å². The molecule has 5 heteroatoms. The molecule has 0 spiro atoms. The van der Waals surface area contributed by atoms with Gasteiger partial charge in [-0.25, -0.2) is 14.1 Å². The predicted octanol–water partition coefficient (Wildman–Crippen LogP) is 2.96. The molecule has 0 radical (unpaired) electrons. The molecule has 0 aliphatic carbocycles. The second-order valence-corrected chi connectivity index (χ2v) is 4.95. The Morgan fingerprint density at radius 1 is 1.37 bits per heavy atom. The van der Waals surface area contributed by atoms with Crippen molar-refractivity contribution in [3.8, 4) is 5.75 Å². The monoisotopic (exact) mass is 263 g/mol. The highest BCUT2D eigenvalue weighted by atomic mass is 19.1. The number of nitrogens with zero attached hydrogens (tertiary/aromatic N) is 3. The molecule has 0 N–H and O–H groups in total. The van der Waals surface area contributed by atoms with Crippen LogP contribution in [0.25, 0.3) is 0 Å². The summed E-state index contributed by atoms with van der Waals surface area (Å²) in [6.07, 6.45) is 1.52. The molecule has 19 heavy (non-hydrogen) atoms. The molecule has 0 bridgehead atoms. The summed E-state index contributed by atoms with van der Waals surface area (Å²) in [4.78, 5) is 4.18. The van der Waals surface area contributed by atoms with Crippen molar-refractivity contribution in [2.75, 3.05) is 0 Å². The lowest BCUT2D eigenvalue weighted by Crippen LogP contribution is -2.12. The van der Waals surface area contributed by atoms with Gasteiger partial charge in [0.2, 0.25) is 0 Å². The Hall–Kier alpha value is -1.91. The van der Waals surface area contributed by atoms with Gasteiger partial charge in [-0.3, -0.25) is 0 Å². The van der Waals surface area contributed by atoms with Crippen molar-refractivity contribution in [3.05, 3.63) is 41.7 Å². The summed E-state index contributed by atoms with van der Waals surface area (Å²) in [5.74, 6) is 1.68. The summed E-state index contributed by atoms with van der Waals surface area (Å²) in [6, 6.07) is 4.70. The van der Waals surface area contributed by atoms with Crippen molar-refractivity contribution in [2.24, 2.45) is 5.92 Å². The van der Waals surface area contributed by atoms with Crippen molar-refractivity contribution in [1.82, 2.24) is 14.8 Å². The summed E-state index contributed by atoms with van der Waals surface area (Å²) >= 11 is 0. The highest BCUT2D eigenvalue weighted by Gasteiger charge is 2.07. The Balaban J connectivity index is 2.02. The molecule has 102 valence electrons. The minimum absolute atomic E-state index is 0.227. The van der Waals surface area contributed by atoms with Crippen LogP contribution >= 0.6 is 0 Å². The van der Waals surface area contributed by atoms with Crippen LogP contribution in [0, 0.1) is 18.7 Å². The molecule has 1 heterocycles. The van der Waals surface area contributed by atoms with Crippen LogP contribution in [-0.2, 0) is 13.2 Å². The smallest absolute Gasteiger partial charge is 0.164 e. The summed E-state index contributed by atoms with van der Waals surface area (Å²) in [6.45, 7) is 7.09. The number of aromatic nitrogens is 3. The van der Waals surface area contributed by atoms with E-state index in [-0.39, 0.29) is 5.82 Å². The number of hydrogen-bond donors (Lipinski definition) is 0. The molecule has 2 rings (SSSR count). The highest BCUT2D eigenvalue weighted by Crippen LogP contribution is 2.17. The van der Waals surface area contributed by atoms with Crippen LogP contribution in [0.2, 0.25) is 0 Å². The number of aryl methyl sites for hydroxylation is 1. The quantitative estimate of drug-likeness (QED) is 0.832. The molecule has 0 fully saturated rings. The first-order chi connectivity index (χ1) is 9.06. The van der Waals surface area contributed by atoms with Gasteiger partial charge >= 0.3 is 0 Å². The van der Waals surface area contributed by atoms with Crippen molar-refractivity contribution in [2.45, 2.75) is 33.9 Å². The topological polar surface area (TPSA) is 39.9 Å². The molecule has 0 saturated heterocycles. The summed E-state index contributed by atoms with van der Waals surface area (Å²) < 4.78 is 20.6. The zero-order valence-corrected chi connectivity index (χ0v) is 11.4. The van der Waals surface area contributed by atoms with Crippen molar-refractivity contribution in [1.29, 1.82) is 0 Å². The van der Waals surface area contributed by atoms with E-state index in [9.17, 15) is 4.39 Å². The van der Waals surface area contributed by atoms with Crippen molar-refractivity contribution >= 4 is 0 Å². The minimum Gasteiger partial charge on any atom is -0.486 e. The number of halogens is 1. The number of benzene rings is 1. The van der Waals surface area contributed by atoms with Crippen molar-refractivity contribution < 1.29 is 9.13 Å². The molecular weight excluding hydrogens is 245 g/mol. The van der Waals surface area contributed by atoms with Crippen molar-refractivity contribution in [3.63, 3.8) is 0 Å². The maximum atomic E-state index is 13.1. The van der Waals surface area contributed by atoms with Gasteiger partial charge in [0.1, 0.15) is 24.5 Å². The molecule has 0 aliphatic rings. The second-order valence-electron chi connectivity index (χ2n) is 4.95. The summed E-state index contributed by atoms with van der Waals surface area (Å²) in [5.41, 5.74) is 0.571. The third kappa shape index (κ3) is 3.53. The third-order valence-corrected chi connectivity index (χ3v) is 2.73. The van der Waals surface area contributed by atoms with Gasteiger partial charge in [-0.15, -0.1) is 0 Å². The highest BCUT2D eigenvalue weighted by molar-refractivity contribution is 5.28. The first-order valence-electron chi connectivity index (χ1n) is 6.32. The lowest BCUT2D eigenvalue weighted by molar-refractivity contribution is 0.282. The van der Waals surface area contributed by atoms with Gasteiger partial charge in [-0.2, -0.15) is 5.10 Å². The van der Waals surface area contributed by atoms with E-state index in [4.69, 9.17) is 4.74 Å². The molecule has 2 aromatic rings. The van der Waals surface area contributed by atoms with Crippen LogP contribution in [0.3, 0.4) is 0 Å². The van der Waals surface area contributed by atoms with Crippen LogP contribution in [0.1, 0.15) is 25.2 Å². The molecular formula is C14H18FN3O. The van der Waals surface area contributed by atoms with Gasteiger partial charge in [-0.1, -0.05) is 13.8 Å². The standard InChI is InChI=1S/C14H18FN3O/c1-10(2)7-18-14(16-9-17-18)8-19-12-4-5-13(15)11(3)6-12/h4-6,9-10H,7-8H2,1-3H3. The van der Waals surface area contributed by atoms with E-state index in [1.807, 2.05) is 4.68 Å². The Bertz CT molecular complexity index is 551. The predicted molar refractivity (Wildman–Crippen MR) is 70.3 cm³/mol. The zero-order chi connectivity index (χ0) is 13.8. The number of ether oxygens (including phenoxy) is 1. The largest absolute Gasteiger partial charge is 0.486 e. The molecule has 1 aromatic carbocycles. The Morgan fingerprint density at radius 2 is 2.16 bits per heavy atom. The SMILES string of the molecule is Cc1cc(OCc2ncnn2CC(C)C)ccc1F. The van der Waals surface area contributed by atoms with E-state index in [0.717, 1.165) is 12.4 Å². The Morgan fingerprint density at radius 3 is 2.84 bits per heavy atom. The van der Waals surface area contributed by atoms with Crippen LogP contribution in [0.5, 0.6) is 5.75 Å². The van der Waals surface area contributed by atoms with Gasteiger partial charge in [0, 0.05) is 6.54 Å². The van der Waals surface area contributed by atoms with Gasteiger partial charge in [0.05, 0.1) is 0 Å². The fourth-order valence-corrected chi connectivity index (χ4v) is 1.75. The van der Waals surface area contributed by atoms with Crippen LogP contribution in [-0.4, -0.2) is 14.8 Å². The Kier molecular flexibility index (Phi) is 4.14. The summed E-state index contributed by atoms with van der Waals surface area (Å²) in [5, 5.41) is 4.17. The van der Waals surface area contributed by atoms with E-state index in [2.05, 4.69) is 23.9 Å². The second kappa shape index (κ2) is 5.82. The maximum Gasteiger partial charge on any atom is 0.164 e. The molecule has 4 nitrogen and oxygen atoms in total. The van der Waals surface area contributed by atoms with Crippen LogP contribution in [0.4, 0.5) is 4.39 Å². The van der Waals surface area contributed by atoms with E-state index in [0.29, 0.717) is 23.8 Å². The molecule has 0 aliphatic heterocycles. The normalized spacial score (nSPS) is 11.0. The average Bonchev–Trinajstić information content (AvgIpc) is 2.77. The molecule has 1 aromatic heterocycles. The molecule has 0 saturated carbocycles. The fourth-order valence-electron chi connectivity index (χ4n) is 1.75. The lowest BCUT2D eigenvalue weighted by Gasteiger charge is -2.10. The minimum atomic E-state index is -0.227. The van der Waals surface area contributed by atoms with E-state index < -0.39 is 0 Å². The lowest BCUT2D eigenvalue weighted by atomic mass is 10.2. The third-order valence-electron chi connectivity index (χ3n) is 2.73. The molecule has 0 amide bonds. The average molecular weight is 263 g/mol. The molecule has 0 unspecified atom stereocenters. The van der Waals surface area contributed by atoms with Gasteiger partial charge in [0.15, 0.2) is 5.82 Å². The van der Waals surface area contributed by atoms with Crippen LogP contribution < -0.4 is 4.74 Å². The van der Waals surface area contributed by atoms with Gasteiger partial charge < -0.3 is 4.74 Å². The summed E-state index contributed by atoms with van der Waals surface area (Å²) in [7, 11) is 0. The van der Waals surface area contributed by atoms with Crippen LogP contribution in [0.15, 0.2) is 24.5 Å². The van der Waals surface area contributed by atoms with Gasteiger partial charge in [-0.05, 0) is 36.6 Å². The first-order valence-corrected chi connectivity index (χ1v) is 6.32. The first kappa shape index (κ1) is 13.5. The number of hydrogen-bond acceptors (Lipinski definition) is 3. The van der Waals surface area contributed by atoms with E-state index in [1.54, 1.807) is 19.1 Å². The maximum absolute atomic E-state index is 13.1. The van der Waals surface area contributed by atoms with E-state index >= 15 is 0 Å². The zero-order valence-electron chi connectivity index (χ0n) is 11.4. The molecule has 0 atom stereocenters.